The standard InChI is InChI=1S/C18H30BO5P/c1-9-21-25(20,22-10-2)15-11-13(3)16(14(4)12-15)19-23-17(5,6)18(7,8)24-19/h11-12H,9-10H2,1-8H3. The van der Waals surface area contributed by atoms with Crippen molar-refractivity contribution in [1.29, 1.82) is 0 Å². The molecule has 0 bridgehead atoms. The van der Waals surface area contributed by atoms with Gasteiger partial charge in [-0.3, -0.25) is 4.57 Å². The smallest absolute Gasteiger partial charge is 0.399 e. The lowest BCUT2D eigenvalue weighted by molar-refractivity contribution is 0.00578. The topological polar surface area (TPSA) is 54.0 Å². The second-order valence-corrected chi connectivity index (χ2v) is 9.44. The van der Waals surface area contributed by atoms with Crippen molar-refractivity contribution in [2.45, 2.75) is 66.6 Å². The molecule has 0 saturated carbocycles. The van der Waals surface area contributed by atoms with Crippen LogP contribution in [0.2, 0.25) is 0 Å². The lowest BCUT2D eigenvalue weighted by atomic mass is 9.73. The summed E-state index contributed by atoms with van der Waals surface area (Å²) in [5.74, 6) is 0. The zero-order chi connectivity index (χ0) is 19.0. The molecule has 2 rings (SSSR count). The fourth-order valence-electron chi connectivity index (χ4n) is 2.97. The van der Waals surface area contributed by atoms with Crippen LogP contribution in [0.1, 0.15) is 52.7 Å². The second kappa shape index (κ2) is 7.17. The van der Waals surface area contributed by atoms with Crippen molar-refractivity contribution in [1.82, 2.24) is 0 Å². The van der Waals surface area contributed by atoms with Crippen molar-refractivity contribution >= 4 is 25.5 Å². The van der Waals surface area contributed by atoms with Gasteiger partial charge in [0.05, 0.1) is 29.7 Å². The van der Waals surface area contributed by atoms with Crippen molar-refractivity contribution < 1.29 is 22.9 Å². The van der Waals surface area contributed by atoms with Gasteiger partial charge in [0.2, 0.25) is 0 Å². The molecule has 7 heteroatoms. The fraction of sp³-hybridized carbons (Fsp3) is 0.667. The van der Waals surface area contributed by atoms with Gasteiger partial charge in [-0.2, -0.15) is 0 Å². The highest BCUT2D eigenvalue weighted by Crippen LogP contribution is 2.47. The van der Waals surface area contributed by atoms with Gasteiger partial charge in [-0.15, -0.1) is 0 Å². The van der Waals surface area contributed by atoms with Gasteiger partial charge in [0, 0.05) is 0 Å². The minimum atomic E-state index is -3.31. The van der Waals surface area contributed by atoms with Crippen LogP contribution in [0.15, 0.2) is 12.1 Å². The summed E-state index contributed by atoms with van der Waals surface area (Å²) in [5, 5.41) is 0.575. The maximum Gasteiger partial charge on any atom is 0.495 e. The summed E-state index contributed by atoms with van der Waals surface area (Å²) in [6.45, 7) is 16.3. The number of hydrogen-bond acceptors (Lipinski definition) is 5. The van der Waals surface area contributed by atoms with Crippen LogP contribution >= 0.6 is 7.60 Å². The molecule has 5 nitrogen and oxygen atoms in total. The second-order valence-electron chi connectivity index (χ2n) is 7.41. The van der Waals surface area contributed by atoms with Crippen LogP contribution < -0.4 is 10.8 Å². The zero-order valence-electron chi connectivity index (χ0n) is 16.6. The van der Waals surface area contributed by atoms with Crippen molar-refractivity contribution in [2.75, 3.05) is 13.2 Å². The zero-order valence-corrected chi connectivity index (χ0v) is 17.5. The molecule has 0 aromatic heterocycles. The highest BCUT2D eigenvalue weighted by atomic mass is 31.2. The molecular formula is C18H30BO5P. The third-order valence-electron chi connectivity index (χ3n) is 4.98. The van der Waals surface area contributed by atoms with Crippen LogP contribution in [-0.4, -0.2) is 31.5 Å². The van der Waals surface area contributed by atoms with E-state index < -0.39 is 25.9 Å². The first-order chi connectivity index (χ1) is 11.5. The number of benzene rings is 1. The van der Waals surface area contributed by atoms with Crippen LogP contribution in [-0.2, 0) is 22.9 Å². The molecule has 1 fully saturated rings. The van der Waals surface area contributed by atoms with Crippen molar-refractivity contribution in [3.63, 3.8) is 0 Å². The van der Waals surface area contributed by atoms with Crippen LogP contribution in [0, 0.1) is 13.8 Å². The molecule has 0 amide bonds. The molecular weight excluding hydrogens is 338 g/mol. The predicted octanol–water partition coefficient (Wildman–Crippen LogP) is 3.49. The Kier molecular flexibility index (Phi) is 5.92. The van der Waals surface area contributed by atoms with E-state index >= 15 is 0 Å². The minimum Gasteiger partial charge on any atom is -0.399 e. The van der Waals surface area contributed by atoms with Gasteiger partial charge in [-0.05, 0) is 73.0 Å². The third kappa shape index (κ3) is 3.89. The Balaban J connectivity index is 2.44. The van der Waals surface area contributed by atoms with Crippen molar-refractivity contribution in [3.8, 4) is 0 Å². The van der Waals surface area contributed by atoms with E-state index in [-0.39, 0.29) is 0 Å². The lowest BCUT2D eigenvalue weighted by Crippen LogP contribution is -2.41. The quantitative estimate of drug-likeness (QED) is 0.568. The van der Waals surface area contributed by atoms with E-state index in [0.29, 0.717) is 18.5 Å². The van der Waals surface area contributed by atoms with Gasteiger partial charge >= 0.3 is 14.7 Å². The fourth-order valence-corrected chi connectivity index (χ4v) is 4.72. The Morgan fingerprint density at radius 2 is 1.36 bits per heavy atom. The average Bonchev–Trinajstić information content (AvgIpc) is 2.66. The summed E-state index contributed by atoms with van der Waals surface area (Å²) < 4.78 is 36.3. The minimum absolute atomic E-state index is 0.328. The summed E-state index contributed by atoms with van der Waals surface area (Å²) in [6, 6.07) is 3.72. The number of hydrogen-bond donors (Lipinski definition) is 0. The van der Waals surface area contributed by atoms with Gasteiger partial charge in [-0.1, -0.05) is 11.1 Å². The summed E-state index contributed by atoms with van der Waals surface area (Å²) in [5.41, 5.74) is 2.07. The summed E-state index contributed by atoms with van der Waals surface area (Å²) in [7, 11) is -3.76. The maximum atomic E-state index is 13.1. The molecule has 1 aromatic rings. The Morgan fingerprint density at radius 3 is 1.72 bits per heavy atom. The Labute approximate surface area is 152 Å². The van der Waals surface area contributed by atoms with Gasteiger partial charge in [-0.25, -0.2) is 0 Å². The molecule has 1 aromatic carbocycles. The van der Waals surface area contributed by atoms with E-state index in [1.807, 2.05) is 67.5 Å². The SMILES string of the molecule is CCOP(=O)(OCC)c1cc(C)c(B2OC(C)(C)C(C)(C)O2)c(C)c1. The highest BCUT2D eigenvalue weighted by Gasteiger charge is 2.52. The van der Waals surface area contributed by atoms with E-state index in [1.165, 1.54) is 0 Å². The predicted molar refractivity (Wildman–Crippen MR) is 102 cm³/mol. The average molecular weight is 368 g/mol. The molecule has 25 heavy (non-hydrogen) atoms. The normalized spacial score (nSPS) is 19.4. The molecule has 0 unspecified atom stereocenters. The van der Waals surface area contributed by atoms with Crippen LogP contribution in [0.4, 0.5) is 0 Å². The van der Waals surface area contributed by atoms with E-state index in [1.54, 1.807) is 0 Å². The van der Waals surface area contributed by atoms with Gasteiger partial charge in [0.25, 0.3) is 0 Å². The first kappa shape index (κ1) is 20.7. The largest absolute Gasteiger partial charge is 0.495 e. The molecule has 0 N–H and O–H groups in total. The van der Waals surface area contributed by atoms with Gasteiger partial charge in [0.1, 0.15) is 0 Å². The maximum absolute atomic E-state index is 13.1. The number of rotatable bonds is 6. The Hall–Kier alpha value is -0.645. The van der Waals surface area contributed by atoms with Gasteiger partial charge < -0.3 is 18.4 Å². The number of aryl methyl sites for hydroxylation is 2. The molecule has 140 valence electrons. The summed E-state index contributed by atoms with van der Waals surface area (Å²) in [6.07, 6.45) is 0. The molecule has 0 radical (unpaired) electrons. The monoisotopic (exact) mass is 368 g/mol. The van der Waals surface area contributed by atoms with E-state index in [9.17, 15) is 4.57 Å². The molecule has 0 spiro atoms. The molecule has 1 heterocycles. The van der Waals surface area contributed by atoms with Crippen LogP contribution in [0.5, 0.6) is 0 Å². The Bertz CT molecular complexity index is 637. The summed E-state index contributed by atoms with van der Waals surface area (Å²) >= 11 is 0. The summed E-state index contributed by atoms with van der Waals surface area (Å²) in [4.78, 5) is 0. The van der Waals surface area contributed by atoms with Crippen molar-refractivity contribution in [3.05, 3.63) is 23.3 Å². The van der Waals surface area contributed by atoms with E-state index in [2.05, 4.69) is 0 Å². The van der Waals surface area contributed by atoms with Crippen molar-refractivity contribution in [2.24, 2.45) is 0 Å². The molecule has 1 aliphatic rings. The molecule has 1 saturated heterocycles. The van der Waals surface area contributed by atoms with E-state index in [4.69, 9.17) is 18.4 Å². The first-order valence-corrected chi connectivity index (χ1v) is 10.4. The van der Waals surface area contributed by atoms with Crippen LogP contribution in [0.25, 0.3) is 0 Å². The molecule has 0 atom stereocenters. The highest BCUT2D eigenvalue weighted by molar-refractivity contribution is 7.62. The van der Waals surface area contributed by atoms with Crippen LogP contribution in [0.3, 0.4) is 0 Å². The van der Waals surface area contributed by atoms with Gasteiger partial charge in [0.15, 0.2) is 0 Å². The molecule has 0 aliphatic carbocycles. The third-order valence-corrected chi connectivity index (χ3v) is 7.07. The lowest BCUT2D eigenvalue weighted by Gasteiger charge is -2.32. The van der Waals surface area contributed by atoms with E-state index in [0.717, 1.165) is 16.6 Å². The Morgan fingerprint density at radius 1 is 0.960 bits per heavy atom. The first-order valence-electron chi connectivity index (χ1n) is 8.84. The molecule has 1 aliphatic heterocycles.